The summed E-state index contributed by atoms with van der Waals surface area (Å²) in [6.45, 7) is 0. The lowest BCUT2D eigenvalue weighted by atomic mass is 10.2. The Hall–Kier alpha value is -1.88. The summed E-state index contributed by atoms with van der Waals surface area (Å²) in [6, 6.07) is 0. The number of hydrogen-bond donors (Lipinski definition) is 0. The van der Waals surface area contributed by atoms with Gasteiger partial charge >= 0.3 is 11.9 Å². The van der Waals surface area contributed by atoms with E-state index >= 15 is 0 Å². The van der Waals surface area contributed by atoms with Crippen LogP contribution < -0.4 is 0 Å². The summed E-state index contributed by atoms with van der Waals surface area (Å²) in [5, 5.41) is 0.0476. The molecule has 0 saturated carbocycles. The third kappa shape index (κ3) is 4.06. The normalized spacial score (nSPS) is 17.1. The summed E-state index contributed by atoms with van der Waals surface area (Å²) in [5.74, 6) is -4.18. The van der Waals surface area contributed by atoms with Crippen LogP contribution in [-0.2, 0) is 19.1 Å². The molecule has 19 heavy (non-hydrogen) atoms. The topological polar surface area (TPSA) is 65.0 Å². The van der Waals surface area contributed by atoms with Crippen molar-refractivity contribution in [3.8, 4) is 12.3 Å². The van der Waals surface area contributed by atoms with Gasteiger partial charge in [-0.2, -0.15) is 13.8 Å². The van der Waals surface area contributed by atoms with E-state index in [-0.39, 0.29) is 16.6 Å². The zero-order chi connectivity index (χ0) is 14.5. The van der Waals surface area contributed by atoms with E-state index in [0.717, 1.165) is 11.8 Å². The second kappa shape index (κ2) is 6.33. The number of nitrogens with zero attached hydrogens (tertiary/aromatic N) is 1. The van der Waals surface area contributed by atoms with Crippen LogP contribution in [0, 0.1) is 12.3 Å². The number of terminal acetylenes is 1. The highest BCUT2D eigenvalue weighted by Gasteiger charge is 2.40. The number of carbonyl (C=O) groups excluding carboxylic acids is 2. The van der Waals surface area contributed by atoms with E-state index in [2.05, 4.69) is 14.5 Å². The molecular weight excluding hydrogens is 280 g/mol. The molecule has 0 fully saturated rings. The highest BCUT2D eigenvalue weighted by Crippen LogP contribution is 2.28. The fraction of sp³-hybridized carbons (Fsp3) is 0.364. The molecule has 0 aromatic carbocycles. The minimum Gasteiger partial charge on any atom is -0.476 e. The highest BCUT2D eigenvalue weighted by atomic mass is 32.2. The zero-order valence-corrected chi connectivity index (χ0v) is 10.6. The van der Waals surface area contributed by atoms with Gasteiger partial charge in [0, 0.05) is 12.8 Å². The van der Waals surface area contributed by atoms with Crippen molar-refractivity contribution in [2.45, 2.75) is 18.8 Å². The number of methoxy groups -OCH3 is 1. The van der Waals surface area contributed by atoms with E-state index < -0.39 is 24.2 Å². The minimum absolute atomic E-state index is 0.0476. The molecule has 0 aliphatic carbocycles. The molecule has 1 aliphatic rings. The first kappa shape index (κ1) is 15.2. The smallest absolute Gasteiger partial charge is 0.381 e. The van der Waals surface area contributed by atoms with Crippen LogP contribution in [0.1, 0.15) is 12.8 Å². The molecule has 1 aliphatic heterocycles. The molecule has 8 heteroatoms. The maximum atomic E-state index is 13.2. The van der Waals surface area contributed by atoms with Crippen molar-refractivity contribution in [1.29, 1.82) is 0 Å². The van der Waals surface area contributed by atoms with Crippen LogP contribution in [0.4, 0.5) is 8.78 Å². The largest absolute Gasteiger partial charge is 0.476 e. The molecule has 0 spiro atoms. The SMILES string of the molecule is C#CCCC(F)(F)C(=O)O/C=C1\SC(OC)=NC1=O. The van der Waals surface area contributed by atoms with Gasteiger partial charge in [0.25, 0.3) is 11.1 Å². The molecule has 0 saturated heterocycles. The third-order valence-electron chi connectivity index (χ3n) is 1.93. The van der Waals surface area contributed by atoms with Crippen molar-refractivity contribution in [2.24, 2.45) is 4.99 Å². The van der Waals surface area contributed by atoms with Crippen LogP contribution in [-0.4, -0.2) is 30.1 Å². The lowest BCUT2D eigenvalue weighted by Gasteiger charge is -2.11. The summed E-state index contributed by atoms with van der Waals surface area (Å²) < 4.78 is 35.3. The zero-order valence-electron chi connectivity index (χ0n) is 9.81. The van der Waals surface area contributed by atoms with E-state index in [1.165, 1.54) is 7.11 Å². The number of alkyl halides is 2. The number of rotatable bonds is 4. The van der Waals surface area contributed by atoms with Crippen LogP contribution in [0.25, 0.3) is 0 Å². The van der Waals surface area contributed by atoms with Crippen molar-refractivity contribution in [1.82, 2.24) is 0 Å². The Kier molecular flexibility index (Phi) is 5.06. The quantitative estimate of drug-likeness (QED) is 0.341. The van der Waals surface area contributed by atoms with E-state index in [0.29, 0.717) is 6.26 Å². The fourth-order valence-electron chi connectivity index (χ4n) is 0.985. The predicted molar refractivity (Wildman–Crippen MR) is 64.2 cm³/mol. The summed E-state index contributed by atoms with van der Waals surface area (Å²) in [7, 11) is 1.29. The van der Waals surface area contributed by atoms with Crippen LogP contribution >= 0.6 is 11.8 Å². The Labute approximate surface area is 112 Å². The Morgan fingerprint density at radius 2 is 2.32 bits per heavy atom. The van der Waals surface area contributed by atoms with Crippen molar-refractivity contribution >= 4 is 28.9 Å². The van der Waals surface area contributed by atoms with Gasteiger partial charge < -0.3 is 9.47 Å². The summed E-state index contributed by atoms with van der Waals surface area (Å²) in [5.41, 5.74) is 0. The fourth-order valence-corrected chi connectivity index (χ4v) is 1.61. The van der Waals surface area contributed by atoms with Crippen LogP contribution in [0.2, 0.25) is 0 Å². The molecule has 0 aromatic rings. The number of ether oxygens (including phenoxy) is 2. The van der Waals surface area contributed by atoms with Crippen molar-refractivity contribution in [2.75, 3.05) is 7.11 Å². The first-order valence-electron chi connectivity index (χ1n) is 4.98. The molecule has 1 amide bonds. The molecule has 0 atom stereocenters. The molecule has 0 bridgehead atoms. The summed E-state index contributed by atoms with van der Waals surface area (Å²) in [6.07, 6.45) is 4.39. The number of thioether (sulfide) groups is 1. The van der Waals surface area contributed by atoms with Gasteiger partial charge in [-0.05, 0) is 11.8 Å². The van der Waals surface area contributed by atoms with E-state index in [1.54, 1.807) is 0 Å². The average molecular weight is 289 g/mol. The van der Waals surface area contributed by atoms with Gasteiger partial charge in [-0.1, -0.05) is 0 Å². The average Bonchev–Trinajstić information content (AvgIpc) is 2.74. The van der Waals surface area contributed by atoms with E-state index in [1.807, 2.05) is 5.92 Å². The Morgan fingerprint density at radius 3 is 2.84 bits per heavy atom. The number of carbonyl (C=O) groups is 2. The molecule has 5 nitrogen and oxygen atoms in total. The van der Waals surface area contributed by atoms with E-state index in [9.17, 15) is 18.4 Å². The van der Waals surface area contributed by atoms with Gasteiger partial charge in [-0.3, -0.25) is 4.79 Å². The number of amides is 1. The van der Waals surface area contributed by atoms with Crippen molar-refractivity contribution in [3.05, 3.63) is 11.2 Å². The molecule has 0 aromatic heterocycles. The van der Waals surface area contributed by atoms with Crippen LogP contribution in [0.15, 0.2) is 16.2 Å². The van der Waals surface area contributed by atoms with E-state index in [4.69, 9.17) is 6.42 Å². The monoisotopic (exact) mass is 289 g/mol. The third-order valence-corrected chi connectivity index (χ3v) is 2.85. The number of esters is 1. The second-order valence-corrected chi connectivity index (χ2v) is 4.28. The van der Waals surface area contributed by atoms with Gasteiger partial charge in [-0.25, -0.2) is 4.79 Å². The van der Waals surface area contributed by atoms with Gasteiger partial charge in [0.05, 0.1) is 7.11 Å². The van der Waals surface area contributed by atoms with Crippen LogP contribution in [0.5, 0.6) is 0 Å². The number of hydrogen-bond acceptors (Lipinski definition) is 5. The minimum atomic E-state index is -3.69. The molecular formula is C11H9F2NO4S. The first-order chi connectivity index (χ1) is 8.90. The predicted octanol–water partition coefficient (Wildman–Crippen LogP) is 1.70. The molecule has 0 unspecified atom stereocenters. The molecule has 1 rings (SSSR count). The summed E-state index contributed by atoms with van der Waals surface area (Å²) >= 11 is 0.774. The molecule has 102 valence electrons. The second-order valence-electron chi connectivity index (χ2n) is 3.29. The maximum Gasteiger partial charge on any atom is 0.381 e. The standard InChI is InChI=1S/C11H9F2NO4S/c1-3-4-5-11(12,13)9(16)18-6-7-8(15)14-10(17-2)19-7/h1,6H,4-5H2,2H3/b7-6-. The van der Waals surface area contributed by atoms with Gasteiger partial charge in [0.15, 0.2) is 0 Å². The van der Waals surface area contributed by atoms with Crippen molar-refractivity contribution in [3.63, 3.8) is 0 Å². The van der Waals surface area contributed by atoms with Crippen molar-refractivity contribution < 1.29 is 27.8 Å². The molecule has 0 N–H and O–H groups in total. The number of aliphatic imine (C=N–C) groups is 1. The number of halogens is 2. The Balaban J connectivity index is 2.60. The molecule has 1 heterocycles. The molecule has 0 radical (unpaired) electrons. The highest BCUT2D eigenvalue weighted by molar-refractivity contribution is 8.18. The van der Waals surface area contributed by atoms with Crippen LogP contribution in [0.3, 0.4) is 0 Å². The lowest BCUT2D eigenvalue weighted by molar-refractivity contribution is -0.166. The Morgan fingerprint density at radius 1 is 1.63 bits per heavy atom. The Bertz CT molecular complexity index is 493. The maximum absolute atomic E-state index is 13.2. The lowest BCUT2D eigenvalue weighted by Crippen LogP contribution is -2.29. The van der Waals surface area contributed by atoms with Gasteiger partial charge in [-0.15, -0.1) is 12.3 Å². The van der Waals surface area contributed by atoms with Gasteiger partial charge in [0.2, 0.25) is 0 Å². The summed E-state index contributed by atoms with van der Waals surface area (Å²) in [4.78, 5) is 25.6. The van der Waals surface area contributed by atoms with Gasteiger partial charge in [0.1, 0.15) is 11.2 Å². The first-order valence-corrected chi connectivity index (χ1v) is 5.79.